The number of rotatable bonds is 8. The van der Waals surface area contributed by atoms with Crippen molar-refractivity contribution in [3.8, 4) is 11.4 Å². The molecule has 0 saturated carbocycles. The predicted molar refractivity (Wildman–Crippen MR) is 235 cm³/mol. The van der Waals surface area contributed by atoms with Gasteiger partial charge in [-0.3, -0.25) is 0 Å². The van der Waals surface area contributed by atoms with Crippen LogP contribution >= 0.6 is 7.26 Å². The van der Waals surface area contributed by atoms with Gasteiger partial charge in [0.15, 0.2) is 0 Å². The Morgan fingerprint density at radius 1 is 0.352 bits per heavy atom. The van der Waals surface area contributed by atoms with Gasteiger partial charge in [-0.15, -0.1) is 0 Å². The van der Waals surface area contributed by atoms with Gasteiger partial charge < -0.3 is 0 Å². The second-order valence-electron chi connectivity index (χ2n) is 14.4. The van der Waals surface area contributed by atoms with Gasteiger partial charge >= 0.3 is 318 Å². The molecule has 0 fully saturated rings. The number of fused-ring (bicyclic) bond motifs is 6. The first kappa shape index (κ1) is 32.4. The van der Waals surface area contributed by atoms with Gasteiger partial charge in [0.1, 0.15) is 0 Å². The second kappa shape index (κ2) is 13.3. The van der Waals surface area contributed by atoms with Crippen molar-refractivity contribution in [2.24, 2.45) is 0 Å². The second-order valence-corrected chi connectivity index (χ2v) is 18.2. The molecule has 0 atom stereocenters. The van der Waals surface area contributed by atoms with Crippen LogP contribution in [-0.2, 0) is 6.42 Å². The Morgan fingerprint density at radius 2 is 0.796 bits per heavy atom. The maximum atomic E-state index is 2.54. The molecule has 10 rings (SSSR count). The summed E-state index contributed by atoms with van der Waals surface area (Å²) in [4.78, 5) is 0. The van der Waals surface area contributed by atoms with Crippen molar-refractivity contribution in [2.45, 2.75) is 19.8 Å². The molecule has 3 heteroatoms. The van der Waals surface area contributed by atoms with E-state index in [0.29, 0.717) is 0 Å². The number of nitrogens with zero attached hydrogens (tertiary/aromatic N) is 2. The van der Waals surface area contributed by atoms with Crippen LogP contribution in [0.5, 0.6) is 0 Å². The van der Waals surface area contributed by atoms with Crippen LogP contribution in [0.2, 0.25) is 0 Å². The van der Waals surface area contributed by atoms with Gasteiger partial charge in [-0.05, 0) is 0 Å². The molecule has 10 aromatic rings. The molecular weight excluding hydrogens is 672 g/mol. The number of benzene rings is 8. The minimum atomic E-state index is -2.89. The van der Waals surface area contributed by atoms with Gasteiger partial charge in [0.25, 0.3) is 0 Å². The normalized spacial score (nSPS) is 12.2. The average molecular weight is 713 g/mol. The summed E-state index contributed by atoms with van der Waals surface area (Å²) in [5.74, 6) is 0. The molecule has 0 unspecified atom stereocenters. The van der Waals surface area contributed by atoms with Crippen molar-refractivity contribution in [1.82, 2.24) is 9.13 Å². The van der Waals surface area contributed by atoms with Crippen LogP contribution in [0.25, 0.3) is 55.0 Å². The van der Waals surface area contributed by atoms with Gasteiger partial charge in [-0.25, -0.2) is 0 Å². The Kier molecular flexibility index (Phi) is 8.01. The van der Waals surface area contributed by atoms with Crippen molar-refractivity contribution in [1.29, 1.82) is 0 Å². The molecule has 8 aromatic carbocycles. The van der Waals surface area contributed by atoms with Gasteiger partial charge in [0.2, 0.25) is 0 Å². The van der Waals surface area contributed by atoms with E-state index in [2.05, 4.69) is 216 Å². The molecule has 2 aromatic heterocycles. The fraction of sp³-hybridized carbons (Fsp3) is 0.0588. The van der Waals surface area contributed by atoms with Crippen LogP contribution in [0.3, 0.4) is 0 Å². The summed E-state index contributed by atoms with van der Waals surface area (Å²) in [6, 6.07) is 74.9. The van der Waals surface area contributed by atoms with Crippen molar-refractivity contribution >= 4 is 72.1 Å². The monoisotopic (exact) mass is 712 g/mol. The van der Waals surface area contributed by atoms with Crippen LogP contribution in [0.1, 0.15) is 18.9 Å². The van der Waals surface area contributed by atoms with Crippen LogP contribution in [0.15, 0.2) is 200 Å². The van der Waals surface area contributed by atoms with E-state index in [9.17, 15) is 0 Å². The van der Waals surface area contributed by atoms with Crippen LogP contribution in [0, 0.1) is 0 Å². The quantitative estimate of drug-likeness (QED) is 0.139. The van der Waals surface area contributed by atoms with Crippen molar-refractivity contribution in [3.63, 3.8) is 0 Å². The molecule has 2 nitrogen and oxygen atoms in total. The third kappa shape index (κ3) is 5.06. The molecule has 0 bridgehead atoms. The van der Waals surface area contributed by atoms with Gasteiger partial charge in [-0.1, -0.05) is 0 Å². The van der Waals surface area contributed by atoms with E-state index in [1.807, 2.05) is 0 Å². The summed E-state index contributed by atoms with van der Waals surface area (Å²) >= 11 is 0. The zero-order chi connectivity index (χ0) is 36.1. The minimum absolute atomic E-state index is 1.07. The fourth-order valence-electron chi connectivity index (χ4n) is 9.04. The summed E-state index contributed by atoms with van der Waals surface area (Å²) in [5, 5.41) is 10.6. The fourth-order valence-corrected chi connectivity index (χ4v) is 13.8. The molecule has 2 heterocycles. The van der Waals surface area contributed by atoms with Gasteiger partial charge in [-0.2, -0.15) is 0 Å². The van der Waals surface area contributed by atoms with E-state index >= 15 is 0 Å². The average Bonchev–Trinajstić information content (AvgIpc) is 3.75. The summed E-state index contributed by atoms with van der Waals surface area (Å²) < 4.78 is 4.88. The summed E-state index contributed by atoms with van der Waals surface area (Å²) in [5.41, 5.74) is 8.69. The number of para-hydroxylation sites is 3. The number of hydrogen-bond donors (Lipinski definition) is 0. The summed E-state index contributed by atoms with van der Waals surface area (Å²) in [6.45, 7) is 2.26. The first-order valence-corrected chi connectivity index (χ1v) is 21.1. The zero-order valence-electron chi connectivity index (χ0n) is 30.4. The zero-order valence-corrected chi connectivity index (χ0v) is 31.4. The Balaban J connectivity index is 1.31. The number of hydrogen-bond acceptors (Lipinski definition) is 0. The topological polar surface area (TPSA) is 9.86 Å². The Bertz CT molecular complexity index is 2890. The Morgan fingerprint density at radius 3 is 1.33 bits per heavy atom. The SMILES string of the molecule is CCCc1ccc2c3cc([PH](c4ccccc4)(c4ccccc4)c4ccc5c(c4)c4ccccc4n5-c4ccccc4)ccc3n(-c3ccccc3)c2c1. The Hall–Kier alpha value is -6.21. The standard InChI is InChI=1S/C51H41N2P/c1-2-17-37-28-31-45-47-36-43(30-33-50(47)53(51(45)34-37)39-20-9-4-10-21-39)54(40-22-11-5-12-23-40,41-24-13-6-14-25-41)42-29-32-49-46(35-42)44-26-15-16-27-48(44)52(49)38-18-7-3-8-19-38/h3-16,18-36,54H,2,17H2,1H3. The van der Waals surface area contributed by atoms with Crippen molar-refractivity contribution < 1.29 is 0 Å². The van der Waals surface area contributed by atoms with Crippen molar-refractivity contribution in [3.05, 3.63) is 206 Å². The van der Waals surface area contributed by atoms with Crippen molar-refractivity contribution in [2.75, 3.05) is 0 Å². The summed E-state index contributed by atoms with van der Waals surface area (Å²) in [7, 11) is -2.89. The molecule has 0 aliphatic carbocycles. The van der Waals surface area contributed by atoms with Gasteiger partial charge in [0.05, 0.1) is 0 Å². The molecule has 0 saturated heterocycles. The first-order chi connectivity index (χ1) is 26.8. The van der Waals surface area contributed by atoms with Gasteiger partial charge in [0, 0.05) is 0 Å². The van der Waals surface area contributed by atoms with Crippen LogP contribution in [-0.4, -0.2) is 9.13 Å². The van der Waals surface area contributed by atoms with E-state index in [0.717, 1.165) is 12.8 Å². The molecule has 0 radical (unpaired) electrons. The first-order valence-electron chi connectivity index (χ1n) is 19.1. The molecule has 0 aliphatic heterocycles. The molecule has 260 valence electrons. The molecule has 54 heavy (non-hydrogen) atoms. The van der Waals surface area contributed by atoms with E-state index in [1.165, 1.54) is 81.8 Å². The molecule has 0 amide bonds. The third-order valence-corrected chi connectivity index (χ3v) is 16.1. The predicted octanol–water partition coefficient (Wildman–Crippen LogP) is 11.2. The van der Waals surface area contributed by atoms with E-state index in [1.54, 1.807) is 0 Å². The van der Waals surface area contributed by atoms with E-state index in [-0.39, 0.29) is 0 Å². The molecule has 0 aliphatic rings. The number of aromatic nitrogens is 2. The summed E-state index contributed by atoms with van der Waals surface area (Å²) in [6.07, 6.45) is 2.19. The maximum absolute atomic E-state index is 2.89. The molecular formula is C51H41N2P. The molecule has 0 spiro atoms. The van der Waals surface area contributed by atoms with E-state index < -0.39 is 7.26 Å². The van der Waals surface area contributed by atoms with Crippen LogP contribution < -0.4 is 21.2 Å². The van der Waals surface area contributed by atoms with E-state index in [4.69, 9.17) is 0 Å². The number of aryl methyl sites for hydroxylation is 1. The molecule has 0 N–H and O–H groups in total. The Labute approximate surface area is 316 Å². The third-order valence-electron chi connectivity index (χ3n) is 11.4. The van der Waals surface area contributed by atoms with Crippen LogP contribution in [0.4, 0.5) is 0 Å².